The van der Waals surface area contributed by atoms with Gasteiger partial charge in [0.15, 0.2) is 0 Å². The zero-order valence-electron chi connectivity index (χ0n) is 24.7. The summed E-state index contributed by atoms with van der Waals surface area (Å²) in [7, 11) is 2.12. The molecule has 218 valence electrons. The van der Waals surface area contributed by atoms with Gasteiger partial charge in [0.1, 0.15) is 0 Å². The Balaban J connectivity index is 1.28. The lowest BCUT2D eigenvalue weighted by Gasteiger charge is -2.31. The number of morpholine rings is 2. The van der Waals surface area contributed by atoms with Crippen LogP contribution in [0.1, 0.15) is 110 Å². The van der Waals surface area contributed by atoms with Crippen LogP contribution in [0.25, 0.3) is 0 Å². The van der Waals surface area contributed by atoms with Crippen LogP contribution in [0.4, 0.5) is 17.8 Å². The molecule has 2 saturated heterocycles. The first kappa shape index (κ1) is 30.9. The van der Waals surface area contributed by atoms with E-state index in [1.165, 1.54) is 103 Å². The average Bonchev–Trinajstić information content (AvgIpc) is 2.97. The van der Waals surface area contributed by atoms with Crippen molar-refractivity contribution in [3.05, 3.63) is 0 Å². The molecule has 2 fully saturated rings. The molecular weight excluding hydrogens is 476 g/mol. The summed E-state index contributed by atoms with van der Waals surface area (Å²) < 4.78 is 11.1. The van der Waals surface area contributed by atoms with Crippen molar-refractivity contribution in [2.24, 2.45) is 0 Å². The van der Waals surface area contributed by atoms with Crippen molar-refractivity contribution in [2.45, 2.75) is 110 Å². The highest BCUT2D eigenvalue weighted by atomic mass is 16.5. The van der Waals surface area contributed by atoms with E-state index in [1.807, 2.05) is 0 Å². The van der Waals surface area contributed by atoms with Crippen LogP contribution in [-0.2, 0) is 9.47 Å². The van der Waals surface area contributed by atoms with E-state index in [4.69, 9.17) is 24.4 Å². The fourth-order valence-electron chi connectivity index (χ4n) is 5.32. The summed E-state index contributed by atoms with van der Waals surface area (Å²) in [5.41, 5.74) is 0. The number of unbranched alkanes of at least 4 members (excludes halogenated alkanes) is 15. The second-order valence-corrected chi connectivity index (χ2v) is 11.2. The lowest BCUT2D eigenvalue weighted by Crippen LogP contribution is -2.40. The Bertz CT molecular complexity index is 688. The second-order valence-electron chi connectivity index (χ2n) is 11.2. The Morgan fingerprint density at radius 3 is 1.32 bits per heavy atom. The molecule has 1 aromatic rings. The van der Waals surface area contributed by atoms with Gasteiger partial charge in [0, 0.05) is 39.8 Å². The molecule has 38 heavy (non-hydrogen) atoms. The average molecular weight is 533 g/mol. The Morgan fingerprint density at radius 1 is 0.553 bits per heavy atom. The highest BCUT2D eigenvalue weighted by Gasteiger charge is 2.21. The lowest BCUT2D eigenvalue weighted by molar-refractivity contribution is 0.121. The third-order valence-corrected chi connectivity index (χ3v) is 7.88. The molecule has 0 amide bonds. The normalized spacial score (nSPS) is 16.3. The number of rotatable bonds is 20. The Labute approximate surface area is 232 Å². The van der Waals surface area contributed by atoms with Crippen molar-refractivity contribution < 1.29 is 9.47 Å². The maximum absolute atomic E-state index is 5.54. The minimum atomic E-state index is 0.725. The molecule has 0 atom stereocenters. The maximum Gasteiger partial charge on any atom is 0.232 e. The minimum absolute atomic E-state index is 0.725. The molecule has 2 aliphatic heterocycles. The van der Waals surface area contributed by atoms with E-state index in [9.17, 15) is 0 Å². The van der Waals surface area contributed by atoms with Crippen molar-refractivity contribution in [3.8, 4) is 0 Å². The SMILES string of the molecule is CCCCCCCCCCCCCCCCCCN(C)c1nc(N2CCOCC2)nc(N2CCOCC2)n1. The Hall–Kier alpha value is -1.67. The molecule has 0 radical (unpaired) electrons. The first-order valence-electron chi connectivity index (χ1n) is 15.9. The number of hydrogen-bond donors (Lipinski definition) is 0. The zero-order chi connectivity index (χ0) is 26.7. The third-order valence-electron chi connectivity index (χ3n) is 7.88. The van der Waals surface area contributed by atoms with Crippen molar-refractivity contribution in [1.82, 2.24) is 15.0 Å². The number of nitrogens with zero attached hydrogens (tertiary/aromatic N) is 6. The van der Waals surface area contributed by atoms with Crippen LogP contribution in [-0.4, -0.2) is 81.2 Å². The van der Waals surface area contributed by atoms with Gasteiger partial charge in [-0.15, -0.1) is 0 Å². The van der Waals surface area contributed by atoms with Crippen LogP contribution in [0.5, 0.6) is 0 Å². The second kappa shape index (κ2) is 19.4. The van der Waals surface area contributed by atoms with E-state index in [1.54, 1.807) is 0 Å². The molecular formula is C30H56N6O2. The molecule has 0 unspecified atom stereocenters. The number of ether oxygens (including phenoxy) is 2. The molecule has 0 aliphatic carbocycles. The van der Waals surface area contributed by atoms with Crippen LogP contribution in [0, 0.1) is 0 Å². The van der Waals surface area contributed by atoms with Gasteiger partial charge >= 0.3 is 0 Å². The van der Waals surface area contributed by atoms with Gasteiger partial charge in [0.05, 0.1) is 26.4 Å². The zero-order valence-corrected chi connectivity index (χ0v) is 24.7. The summed E-state index contributed by atoms with van der Waals surface area (Å²) in [5.74, 6) is 2.33. The molecule has 0 spiro atoms. The fourth-order valence-corrected chi connectivity index (χ4v) is 5.32. The minimum Gasteiger partial charge on any atom is -0.378 e. The molecule has 3 rings (SSSR count). The van der Waals surface area contributed by atoms with Crippen LogP contribution in [0.15, 0.2) is 0 Å². The summed E-state index contributed by atoms with van der Waals surface area (Å²) in [4.78, 5) is 21.2. The predicted octanol–water partition coefficient (Wildman–Crippen LogP) is 6.24. The summed E-state index contributed by atoms with van der Waals surface area (Å²) in [6, 6.07) is 0. The molecule has 1 aromatic heterocycles. The lowest BCUT2D eigenvalue weighted by atomic mass is 10.0. The van der Waals surface area contributed by atoms with Crippen molar-refractivity contribution >= 4 is 17.8 Å². The smallest absolute Gasteiger partial charge is 0.232 e. The van der Waals surface area contributed by atoms with Crippen LogP contribution >= 0.6 is 0 Å². The van der Waals surface area contributed by atoms with Crippen LogP contribution in [0.2, 0.25) is 0 Å². The highest BCUT2D eigenvalue weighted by molar-refractivity contribution is 5.46. The van der Waals surface area contributed by atoms with Gasteiger partial charge in [-0.3, -0.25) is 0 Å². The molecule has 0 saturated carbocycles. The Kier molecular flexibility index (Phi) is 15.8. The predicted molar refractivity (Wildman–Crippen MR) is 159 cm³/mol. The first-order valence-corrected chi connectivity index (χ1v) is 15.9. The monoisotopic (exact) mass is 532 g/mol. The van der Waals surface area contributed by atoms with Crippen molar-refractivity contribution in [2.75, 3.05) is 80.9 Å². The molecule has 8 nitrogen and oxygen atoms in total. The summed E-state index contributed by atoms with van der Waals surface area (Å²) in [6.45, 7) is 9.49. The van der Waals surface area contributed by atoms with Crippen LogP contribution < -0.4 is 14.7 Å². The van der Waals surface area contributed by atoms with E-state index < -0.39 is 0 Å². The molecule has 8 heteroatoms. The maximum atomic E-state index is 5.54. The Morgan fingerprint density at radius 2 is 0.921 bits per heavy atom. The molecule has 0 bridgehead atoms. The van der Waals surface area contributed by atoms with Gasteiger partial charge in [-0.1, -0.05) is 103 Å². The quantitative estimate of drug-likeness (QED) is 0.183. The topological polar surface area (TPSA) is 66.9 Å². The van der Waals surface area contributed by atoms with E-state index in [2.05, 4.69) is 28.7 Å². The van der Waals surface area contributed by atoms with Crippen LogP contribution in [0.3, 0.4) is 0 Å². The van der Waals surface area contributed by atoms with E-state index in [0.717, 1.165) is 77.0 Å². The summed E-state index contributed by atoms with van der Waals surface area (Å²) in [6.07, 6.45) is 22.3. The van der Waals surface area contributed by atoms with Gasteiger partial charge < -0.3 is 24.2 Å². The highest BCUT2D eigenvalue weighted by Crippen LogP contribution is 2.21. The molecule has 2 aliphatic rings. The van der Waals surface area contributed by atoms with Gasteiger partial charge in [-0.25, -0.2) is 0 Å². The fraction of sp³-hybridized carbons (Fsp3) is 0.900. The van der Waals surface area contributed by atoms with Crippen molar-refractivity contribution in [3.63, 3.8) is 0 Å². The van der Waals surface area contributed by atoms with E-state index in [-0.39, 0.29) is 0 Å². The van der Waals surface area contributed by atoms with E-state index >= 15 is 0 Å². The number of anilines is 3. The van der Waals surface area contributed by atoms with Gasteiger partial charge in [0.2, 0.25) is 17.8 Å². The van der Waals surface area contributed by atoms with Gasteiger partial charge in [-0.05, 0) is 6.42 Å². The first-order chi connectivity index (χ1) is 18.8. The molecule has 0 aromatic carbocycles. The van der Waals surface area contributed by atoms with Gasteiger partial charge in [-0.2, -0.15) is 15.0 Å². The standard InChI is InChI=1S/C30H56N6O2/c1-3-4-5-6-7-8-9-10-11-12-13-14-15-16-17-18-19-34(2)28-31-29(35-20-24-37-25-21-35)33-30(32-28)36-22-26-38-27-23-36/h3-27H2,1-2H3. The molecule has 3 heterocycles. The van der Waals surface area contributed by atoms with Gasteiger partial charge in [0.25, 0.3) is 0 Å². The van der Waals surface area contributed by atoms with E-state index in [0.29, 0.717) is 0 Å². The summed E-state index contributed by atoms with van der Waals surface area (Å²) >= 11 is 0. The number of hydrogen-bond acceptors (Lipinski definition) is 8. The molecule has 0 N–H and O–H groups in total. The summed E-state index contributed by atoms with van der Waals surface area (Å²) in [5, 5.41) is 0. The number of aromatic nitrogens is 3. The van der Waals surface area contributed by atoms with Crippen molar-refractivity contribution in [1.29, 1.82) is 0 Å². The third kappa shape index (κ3) is 12.0. The largest absolute Gasteiger partial charge is 0.378 e.